The van der Waals surface area contributed by atoms with E-state index in [0.29, 0.717) is 12.6 Å². The van der Waals surface area contributed by atoms with Gasteiger partial charge in [0.15, 0.2) is 0 Å². The third-order valence-corrected chi connectivity index (χ3v) is 4.78. The normalized spacial score (nSPS) is 18.4. The molecule has 1 aliphatic rings. The molecule has 4 rings (SSSR count). The zero-order valence-corrected chi connectivity index (χ0v) is 15.4. The second kappa shape index (κ2) is 7.19. The number of benzene rings is 2. The minimum absolute atomic E-state index is 0.0259. The molecule has 1 aliphatic heterocycles. The molecule has 0 unspecified atom stereocenters. The van der Waals surface area contributed by atoms with Crippen molar-refractivity contribution >= 4 is 11.9 Å². The Hall–Kier alpha value is -3.22. The van der Waals surface area contributed by atoms with Crippen LogP contribution in [-0.2, 0) is 0 Å². The summed E-state index contributed by atoms with van der Waals surface area (Å²) in [4.78, 5) is 4.35. The zero-order valence-electron chi connectivity index (χ0n) is 15.4. The SMILES string of the molecule is CCOc1ccc([C@H]2C[C@@H](c3cccc(OC)c3)Nc3nc(N)nn32)cc1. The fraction of sp³-hybridized carbons (Fsp3) is 0.300. The second-order valence-electron chi connectivity index (χ2n) is 6.47. The molecule has 0 spiro atoms. The minimum atomic E-state index is 0.0259. The van der Waals surface area contributed by atoms with Crippen LogP contribution in [-0.4, -0.2) is 28.5 Å². The fourth-order valence-corrected chi connectivity index (χ4v) is 3.50. The first-order valence-electron chi connectivity index (χ1n) is 9.03. The van der Waals surface area contributed by atoms with Gasteiger partial charge in [-0.3, -0.25) is 0 Å². The molecule has 140 valence electrons. The number of hydrogen-bond donors (Lipinski definition) is 2. The molecule has 0 bridgehead atoms. The lowest BCUT2D eigenvalue weighted by atomic mass is 9.93. The van der Waals surface area contributed by atoms with Gasteiger partial charge in [0.05, 0.1) is 25.8 Å². The molecule has 3 aromatic rings. The van der Waals surface area contributed by atoms with Crippen LogP contribution in [0.5, 0.6) is 11.5 Å². The van der Waals surface area contributed by atoms with E-state index in [-0.39, 0.29) is 18.0 Å². The maximum absolute atomic E-state index is 5.87. The number of methoxy groups -OCH3 is 1. The molecule has 0 amide bonds. The van der Waals surface area contributed by atoms with E-state index >= 15 is 0 Å². The van der Waals surface area contributed by atoms with Crippen LogP contribution < -0.4 is 20.5 Å². The molecule has 0 fully saturated rings. The summed E-state index contributed by atoms with van der Waals surface area (Å²) in [5.41, 5.74) is 8.14. The van der Waals surface area contributed by atoms with Crippen LogP contribution in [0, 0.1) is 0 Å². The molecule has 0 saturated heterocycles. The van der Waals surface area contributed by atoms with Gasteiger partial charge in [0.2, 0.25) is 11.9 Å². The maximum atomic E-state index is 5.87. The first kappa shape index (κ1) is 17.2. The first-order valence-corrected chi connectivity index (χ1v) is 9.03. The molecule has 2 atom stereocenters. The Labute approximate surface area is 158 Å². The summed E-state index contributed by atoms with van der Waals surface area (Å²) < 4.78 is 12.8. The van der Waals surface area contributed by atoms with E-state index in [0.717, 1.165) is 29.0 Å². The number of rotatable bonds is 5. The number of ether oxygens (including phenoxy) is 2. The van der Waals surface area contributed by atoms with Crippen molar-refractivity contribution in [2.75, 3.05) is 24.8 Å². The van der Waals surface area contributed by atoms with Gasteiger partial charge in [0, 0.05) is 0 Å². The zero-order chi connectivity index (χ0) is 18.8. The number of fused-ring (bicyclic) bond motifs is 1. The Bertz CT molecular complexity index is 922. The van der Waals surface area contributed by atoms with Crippen molar-refractivity contribution in [3.63, 3.8) is 0 Å². The molecule has 7 heteroatoms. The summed E-state index contributed by atoms with van der Waals surface area (Å²) in [5, 5.41) is 7.84. The van der Waals surface area contributed by atoms with Gasteiger partial charge in [0.25, 0.3) is 0 Å². The smallest absolute Gasteiger partial charge is 0.241 e. The molecule has 0 radical (unpaired) electrons. The predicted octanol–water partition coefficient (Wildman–Crippen LogP) is 3.41. The highest BCUT2D eigenvalue weighted by atomic mass is 16.5. The summed E-state index contributed by atoms with van der Waals surface area (Å²) >= 11 is 0. The summed E-state index contributed by atoms with van der Waals surface area (Å²) in [6.45, 7) is 2.62. The second-order valence-corrected chi connectivity index (χ2v) is 6.47. The number of anilines is 2. The maximum Gasteiger partial charge on any atom is 0.241 e. The largest absolute Gasteiger partial charge is 0.497 e. The lowest BCUT2D eigenvalue weighted by molar-refractivity contribution is 0.340. The first-order chi connectivity index (χ1) is 13.2. The topological polar surface area (TPSA) is 87.2 Å². The van der Waals surface area contributed by atoms with E-state index in [1.54, 1.807) is 7.11 Å². The van der Waals surface area contributed by atoms with Crippen LogP contribution >= 0.6 is 0 Å². The molecule has 7 nitrogen and oxygen atoms in total. The lowest BCUT2D eigenvalue weighted by Gasteiger charge is -2.31. The molecule has 27 heavy (non-hydrogen) atoms. The molecular formula is C20H23N5O2. The van der Waals surface area contributed by atoms with Crippen LogP contribution in [0.3, 0.4) is 0 Å². The molecule has 0 saturated carbocycles. The molecule has 2 heterocycles. The summed E-state index contributed by atoms with van der Waals surface area (Å²) in [6.07, 6.45) is 0.816. The lowest BCUT2D eigenvalue weighted by Crippen LogP contribution is -2.28. The Morgan fingerprint density at radius 3 is 2.70 bits per heavy atom. The average molecular weight is 365 g/mol. The Morgan fingerprint density at radius 1 is 1.15 bits per heavy atom. The van der Waals surface area contributed by atoms with Gasteiger partial charge in [-0.25, -0.2) is 4.68 Å². The van der Waals surface area contributed by atoms with Crippen molar-refractivity contribution in [2.24, 2.45) is 0 Å². The Morgan fingerprint density at radius 2 is 1.96 bits per heavy atom. The van der Waals surface area contributed by atoms with E-state index in [4.69, 9.17) is 15.2 Å². The van der Waals surface area contributed by atoms with Crippen molar-refractivity contribution in [1.82, 2.24) is 14.8 Å². The number of aromatic nitrogens is 3. The highest BCUT2D eigenvalue weighted by Crippen LogP contribution is 2.38. The predicted molar refractivity (Wildman–Crippen MR) is 104 cm³/mol. The van der Waals surface area contributed by atoms with Crippen molar-refractivity contribution in [1.29, 1.82) is 0 Å². The molecule has 1 aromatic heterocycles. The van der Waals surface area contributed by atoms with Crippen molar-refractivity contribution in [2.45, 2.75) is 25.4 Å². The van der Waals surface area contributed by atoms with E-state index in [1.165, 1.54) is 0 Å². The van der Waals surface area contributed by atoms with Crippen molar-refractivity contribution < 1.29 is 9.47 Å². The van der Waals surface area contributed by atoms with Gasteiger partial charge in [0.1, 0.15) is 11.5 Å². The fourth-order valence-electron chi connectivity index (χ4n) is 3.50. The van der Waals surface area contributed by atoms with Gasteiger partial charge < -0.3 is 20.5 Å². The number of nitrogens with one attached hydrogen (secondary N) is 1. The average Bonchev–Trinajstić information content (AvgIpc) is 3.08. The van der Waals surface area contributed by atoms with Crippen LogP contribution in [0.15, 0.2) is 48.5 Å². The number of nitrogen functional groups attached to an aromatic ring is 1. The number of hydrogen-bond acceptors (Lipinski definition) is 6. The summed E-state index contributed by atoms with van der Waals surface area (Å²) in [5.74, 6) is 2.63. The summed E-state index contributed by atoms with van der Waals surface area (Å²) in [7, 11) is 1.67. The van der Waals surface area contributed by atoms with E-state index in [2.05, 4.69) is 33.6 Å². The van der Waals surface area contributed by atoms with Crippen LogP contribution in [0.25, 0.3) is 0 Å². The summed E-state index contributed by atoms with van der Waals surface area (Å²) in [6, 6.07) is 16.3. The van der Waals surface area contributed by atoms with Gasteiger partial charge in [-0.1, -0.05) is 24.3 Å². The monoisotopic (exact) mass is 365 g/mol. The van der Waals surface area contributed by atoms with Crippen LogP contribution in [0.4, 0.5) is 11.9 Å². The highest BCUT2D eigenvalue weighted by Gasteiger charge is 2.31. The van der Waals surface area contributed by atoms with Gasteiger partial charge in [-0.2, -0.15) is 4.98 Å². The molecule has 3 N–H and O–H groups in total. The molecule has 0 aliphatic carbocycles. The van der Waals surface area contributed by atoms with Gasteiger partial charge in [-0.05, 0) is 48.7 Å². The molecular weight excluding hydrogens is 342 g/mol. The Kier molecular flexibility index (Phi) is 4.58. The van der Waals surface area contributed by atoms with E-state index in [1.807, 2.05) is 41.9 Å². The third kappa shape index (κ3) is 3.40. The number of nitrogens with zero attached hydrogens (tertiary/aromatic N) is 3. The third-order valence-electron chi connectivity index (χ3n) is 4.78. The van der Waals surface area contributed by atoms with E-state index in [9.17, 15) is 0 Å². The number of nitrogens with two attached hydrogens (primary N) is 1. The molecule has 2 aromatic carbocycles. The van der Waals surface area contributed by atoms with Gasteiger partial charge >= 0.3 is 0 Å². The van der Waals surface area contributed by atoms with Crippen molar-refractivity contribution in [3.05, 3.63) is 59.7 Å². The Balaban J connectivity index is 1.69. The van der Waals surface area contributed by atoms with Crippen LogP contribution in [0.2, 0.25) is 0 Å². The van der Waals surface area contributed by atoms with Crippen molar-refractivity contribution in [3.8, 4) is 11.5 Å². The quantitative estimate of drug-likeness (QED) is 0.720. The highest BCUT2D eigenvalue weighted by molar-refractivity contribution is 5.43. The standard InChI is InChI=1S/C20H23N5O2/c1-3-27-15-9-7-13(8-10-15)18-12-17(14-5-4-6-16(11-14)26-2)22-20-23-19(21)24-25(18)20/h4-11,17-18H,3,12H2,1-2H3,(H3,21,22,23,24)/t17-,18+/m0/s1. The minimum Gasteiger partial charge on any atom is -0.497 e. The van der Waals surface area contributed by atoms with Crippen LogP contribution in [0.1, 0.15) is 36.6 Å². The van der Waals surface area contributed by atoms with E-state index < -0.39 is 0 Å². The van der Waals surface area contributed by atoms with Gasteiger partial charge in [-0.15, -0.1) is 5.10 Å².